The fourth-order valence-electron chi connectivity index (χ4n) is 1.45. The average molecular weight is 231 g/mol. The van der Waals surface area contributed by atoms with Crippen LogP contribution in [0.2, 0.25) is 0 Å². The van der Waals surface area contributed by atoms with Crippen LogP contribution in [0.25, 0.3) is 0 Å². The summed E-state index contributed by atoms with van der Waals surface area (Å²) >= 11 is 0. The molecule has 0 atom stereocenters. The van der Waals surface area contributed by atoms with Gasteiger partial charge in [0.05, 0.1) is 5.56 Å². The van der Waals surface area contributed by atoms with Crippen LogP contribution in [0.3, 0.4) is 0 Å². The van der Waals surface area contributed by atoms with Crippen LogP contribution >= 0.6 is 0 Å². The third-order valence-corrected chi connectivity index (χ3v) is 2.14. The Hall–Kier alpha value is -1.79. The second kappa shape index (κ2) is 6.72. The van der Waals surface area contributed by atoms with Gasteiger partial charge >= 0.3 is 5.97 Å². The zero-order valence-electron chi connectivity index (χ0n) is 10.3. The van der Waals surface area contributed by atoms with Crippen molar-refractivity contribution in [2.75, 3.05) is 20.7 Å². The Kier molecular flexibility index (Phi) is 5.25. The molecule has 17 heavy (non-hydrogen) atoms. The van der Waals surface area contributed by atoms with Crippen LogP contribution in [0, 0.1) is 12.3 Å². The molecular formula is C14H17NO2. The molecule has 1 aromatic rings. The first-order valence-electron chi connectivity index (χ1n) is 5.47. The summed E-state index contributed by atoms with van der Waals surface area (Å²) in [7, 11) is 3.97. The normalized spacial score (nSPS) is 10.0. The van der Waals surface area contributed by atoms with Gasteiger partial charge in [-0.05, 0) is 31.8 Å². The molecule has 0 aliphatic carbocycles. The standard InChI is InChI=1S/C14H17NO2/c1-4-5-9-17-14(16)13-8-6-7-12(10-13)11-15(2)3/h1,6-8,10H,5,9,11H2,2-3H3. The van der Waals surface area contributed by atoms with Crippen molar-refractivity contribution in [1.29, 1.82) is 0 Å². The highest BCUT2D eigenvalue weighted by Crippen LogP contribution is 2.08. The van der Waals surface area contributed by atoms with Gasteiger partial charge in [0, 0.05) is 13.0 Å². The molecule has 0 unspecified atom stereocenters. The van der Waals surface area contributed by atoms with Gasteiger partial charge in [-0.3, -0.25) is 0 Å². The van der Waals surface area contributed by atoms with Crippen molar-refractivity contribution in [1.82, 2.24) is 4.90 Å². The Morgan fingerprint density at radius 1 is 1.47 bits per heavy atom. The van der Waals surface area contributed by atoms with Crippen molar-refractivity contribution in [3.63, 3.8) is 0 Å². The Bertz CT molecular complexity index is 418. The molecule has 0 fully saturated rings. The van der Waals surface area contributed by atoms with Crippen LogP contribution in [0.15, 0.2) is 24.3 Å². The van der Waals surface area contributed by atoms with E-state index in [2.05, 4.69) is 5.92 Å². The second-order valence-electron chi connectivity index (χ2n) is 4.03. The van der Waals surface area contributed by atoms with Gasteiger partial charge in [-0.15, -0.1) is 12.3 Å². The van der Waals surface area contributed by atoms with Crippen LogP contribution in [-0.4, -0.2) is 31.6 Å². The predicted octanol–water partition coefficient (Wildman–Crippen LogP) is 1.93. The number of esters is 1. The largest absolute Gasteiger partial charge is 0.461 e. The molecule has 0 N–H and O–H groups in total. The maximum absolute atomic E-state index is 11.7. The molecule has 0 aromatic heterocycles. The lowest BCUT2D eigenvalue weighted by Crippen LogP contribution is -2.12. The van der Waals surface area contributed by atoms with Crippen molar-refractivity contribution in [2.45, 2.75) is 13.0 Å². The van der Waals surface area contributed by atoms with E-state index in [0.29, 0.717) is 12.0 Å². The maximum atomic E-state index is 11.7. The summed E-state index contributed by atoms with van der Waals surface area (Å²) in [6.45, 7) is 1.07. The van der Waals surface area contributed by atoms with E-state index in [-0.39, 0.29) is 12.6 Å². The molecule has 0 amide bonds. The molecule has 0 radical (unpaired) electrons. The summed E-state index contributed by atoms with van der Waals surface area (Å²) in [4.78, 5) is 13.7. The van der Waals surface area contributed by atoms with Crippen LogP contribution in [0.1, 0.15) is 22.3 Å². The molecule has 0 heterocycles. The molecular weight excluding hydrogens is 214 g/mol. The van der Waals surface area contributed by atoms with Crippen molar-refractivity contribution in [3.8, 4) is 12.3 Å². The number of terminal acetylenes is 1. The SMILES string of the molecule is C#CCCOC(=O)c1cccc(CN(C)C)c1. The van der Waals surface area contributed by atoms with E-state index < -0.39 is 0 Å². The lowest BCUT2D eigenvalue weighted by Gasteiger charge is -2.10. The summed E-state index contributed by atoms with van der Waals surface area (Å²) in [5, 5.41) is 0. The highest BCUT2D eigenvalue weighted by Gasteiger charge is 2.07. The number of carbonyl (C=O) groups excluding carboxylic acids is 1. The third kappa shape index (κ3) is 4.71. The molecule has 0 aliphatic rings. The van der Waals surface area contributed by atoms with Crippen molar-refractivity contribution in [2.24, 2.45) is 0 Å². The smallest absolute Gasteiger partial charge is 0.338 e. The molecule has 0 aliphatic heterocycles. The van der Waals surface area contributed by atoms with Gasteiger partial charge in [0.15, 0.2) is 0 Å². The third-order valence-electron chi connectivity index (χ3n) is 2.14. The molecule has 0 saturated carbocycles. The zero-order valence-corrected chi connectivity index (χ0v) is 10.3. The zero-order chi connectivity index (χ0) is 12.7. The average Bonchev–Trinajstić information content (AvgIpc) is 2.28. The fourth-order valence-corrected chi connectivity index (χ4v) is 1.45. The molecule has 1 rings (SSSR count). The van der Waals surface area contributed by atoms with Gasteiger partial charge in [0.25, 0.3) is 0 Å². The number of carbonyl (C=O) groups is 1. The molecule has 0 bridgehead atoms. The maximum Gasteiger partial charge on any atom is 0.338 e. The quantitative estimate of drug-likeness (QED) is 0.440. The van der Waals surface area contributed by atoms with E-state index in [4.69, 9.17) is 11.2 Å². The highest BCUT2D eigenvalue weighted by atomic mass is 16.5. The number of nitrogens with zero attached hydrogens (tertiary/aromatic N) is 1. The monoisotopic (exact) mass is 231 g/mol. The summed E-state index contributed by atoms with van der Waals surface area (Å²) < 4.78 is 5.03. The van der Waals surface area contributed by atoms with E-state index in [1.54, 1.807) is 6.07 Å². The summed E-state index contributed by atoms with van der Waals surface area (Å²) in [5.41, 5.74) is 1.66. The second-order valence-corrected chi connectivity index (χ2v) is 4.03. The lowest BCUT2D eigenvalue weighted by molar-refractivity contribution is 0.0513. The van der Waals surface area contributed by atoms with Crippen LogP contribution < -0.4 is 0 Å². The summed E-state index contributed by atoms with van der Waals surface area (Å²) in [6.07, 6.45) is 5.53. The van der Waals surface area contributed by atoms with Crippen LogP contribution in [-0.2, 0) is 11.3 Å². The van der Waals surface area contributed by atoms with Crippen molar-refractivity contribution in [3.05, 3.63) is 35.4 Å². The van der Waals surface area contributed by atoms with E-state index in [1.807, 2.05) is 37.2 Å². The number of rotatable bonds is 5. The van der Waals surface area contributed by atoms with E-state index in [1.165, 1.54) is 0 Å². The molecule has 0 saturated heterocycles. The minimum Gasteiger partial charge on any atom is -0.461 e. The van der Waals surface area contributed by atoms with Gasteiger partial charge in [-0.2, -0.15) is 0 Å². The van der Waals surface area contributed by atoms with Crippen LogP contribution in [0.5, 0.6) is 0 Å². The van der Waals surface area contributed by atoms with Crippen LogP contribution in [0.4, 0.5) is 0 Å². The number of hydrogen-bond acceptors (Lipinski definition) is 3. The first-order chi connectivity index (χ1) is 8.13. The van der Waals surface area contributed by atoms with Crippen molar-refractivity contribution < 1.29 is 9.53 Å². The van der Waals surface area contributed by atoms with Gasteiger partial charge in [0.2, 0.25) is 0 Å². The van der Waals surface area contributed by atoms with Gasteiger partial charge in [0.1, 0.15) is 6.61 Å². The van der Waals surface area contributed by atoms with E-state index in [0.717, 1.165) is 12.1 Å². The minimum absolute atomic E-state index is 0.271. The Morgan fingerprint density at radius 2 is 2.24 bits per heavy atom. The Morgan fingerprint density at radius 3 is 2.88 bits per heavy atom. The fraction of sp³-hybridized carbons (Fsp3) is 0.357. The van der Waals surface area contributed by atoms with E-state index >= 15 is 0 Å². The Labute approximate surface area is 102 Å². The first-order valence-corrected chi connectivity index (χ1v) is 5.47. The first kappa shape index (κ1) is 13.3. The molecule has 3 heteroatoms. The van der Waals surface area contributed by atoms with Gasteiger partial charge in [-0.1, -0.05) is 12.1 Å². The lowest BCUT2D eigenvalue weighted by atomic mass is 10.1. The van der Waals surface area contributed by atoms with Crippen molar-refractivity contribution >= 4 is 5.97 Å². The number of benzene rings is 1. The van der Waals surface area contributed by atoms with Gasteiger partial charge < -0.3 is 9.64 Å². The Balaban J connectivity index is 2.64. The summed E-state index contributed by atoms with van der Waals surface area (Å²) in [5.74, 6) is 2.11. The topological polar surface area (TPSA) is 29.5 Å². The van der Waals surface area contributed by atoms with Gasteiger partial charge in [-0.25, -0.2) is 4.79 Å². The predicted molar refractivity (Wildman–Crippen MR) is 67.6 cm³/mol. The van der Waals surface area contributed by atoms with E-state index in [9.17, 15) is 4.79 Å². The molecule has 3 nitrogen and oxygen atoms in total. The number of ether oxygens (including phenoxy) is 1. The molecule has 1 aromatic carbocycles. The number of hydrogen-bond donors (Lipinski definition) is 0. The summed E-state index contributed by atoms with van der Waals surface area (Å²) in [6, 6.07) is 7.43. The molecule has 90 valence electrons. The molecule has 0 spiro atoms. The highest BCUT2D eigenvalue weighted by molar-refractivity contribution is 5.89. The minimum atomic E-state index is -0.319.